The fourth-order valence-electron chi connectivity index (χ4n) is 3.27. The molecule has 0 radical (unpaired) electrons. The molecule has 0 amide bonds. The van der Waals surface area contributed by atoms with Crippen LogP contribution < -0.4 is 16.2 Å². The molecular weight excluding hydrogens is 413 g/mol. The topological polar surface area (TPSA) is 104 Å². The number of nitrogens with zero attached hydrogens (tertiary/aromatic N) is 2. The van der Waals surface area contributed by atoms with E-state index in [1.165, 1.54) is 18.2 Å². The Hall–Kier alpha value is -3.43. The van der Waals surface area contributed by atoms with Gasteiger partial charge in [-0.15, -0.1) is 0 Å². The average Bonchev–Trinajstić information content (AvgIpc) is 3.36. The second-order valence-electron chi connectivity index (χ2n) is 6.90. The van der Waals surface area contributed by atoms with Gasteiger partial charge in [0, 0.05) is 0 Å². The van der Waals surface area contributed by atoms with E-state index in [0.29, 0.717) is 6.61 Å². The van der Waals surface area contributed by atoms with Crippen LogP contribution in [0.1, 0.15) is 34.3 Å². The van der Waals surface area contributed by atoms with E-state index in [9.17, 15) is 13.2 Å². The number of aryl methyl sites for hydroxylation is 1. The first-order chi connectivity index (χ1) is 14.7. The lowest BCUT2D eigenvalue weighted by Crippen LogP contribution is -2.12. The highest BCUT2D eigenvalue weighted by Gasteiger charge is 2.36. The number of aliphatic imine (C=N–C) groups is 2. The Balaban J connectivity index is 0.000000176. The van der Waals surface area contributed by atoms with Crippen LogP contribution in [0.3, 0.4) is 0 Å². The smallest absolute Gasteiger partial charge is 0.416 e. The summed E-state index contributed by atoms with van der Waals surface area (Å²) in [6, 6.07) is 10.8. The van der Waals surface area contributed by atoms with E-state index in [-0.39, 0.29) is 30.3 Å². The molecule has 166 valence electrons. The van der Waals surface area contributed by atoms with Gasteiger partial charge in [0.2, 0.25) is 0 Å². The van der Waals surface area contributed by atoms with Gasteiger partial charge in [-0.25, -0.2) is 9.98 Å². The van der Waals surface area contributed by atoms with Gasteiger partial charge in [0.25, 0.3) is 12.0 Å². The number of amidine groups is 2. The van der Waals surface area contributed by atoms with Gasteiger partial charge in [-0.2, -0.15) is 13.2 Å². The summed E-state index contributed by atoms with van der Waals surface area (Å²) in [6.07, 6.45) is -4.39. The van der Waals surface area contributed by atoms with Crippen LogP contribution in [0.2, 0.25) is 0 Å². The van der Waals surface area contributed by atoms with Crippen molar-refractivity contribution in [3.8, 4) is 5.75 Å². The molecule has 10 heteroatoms. The van der Waals surface area contributed by atoms with Crippen LogP contribution in [0.25, 0.3) is 0 Å². The Kier molecular flexibility index (Phi) is 6.57. The van der Waals surface area contributed by atoms with Crippen LogP contribution >= 0.6 is 0 Å². The Bertz CT molecular complexity index is 992. The van der Waals surface area contributed by atoms with Gasteiger partial charge in [-0.1, -0.05) is 30.3 Å². The normalized spacial score (nSPS) is 20.0. The number of benzene rings is 2. The molecule has 7 nitrogen and oxygen atoms in total. The minimum atomic E-state index is -4.39. The zero-order valence-electron chi connectivity index (χ0n) is 17.0. The van der Waals surface area contributed by atoms with Crippen LogP contribution in [-0.4, -0.2) is 32.4 Å². The maximum absolute atomic E-state index is 12.7. The molecule has 31 heavy (non-hydrogen) atoms. The number of ether oxygens (including phenoxy) is 3. The summed E-state index contributed by atoms with van der Waals surface area (Å²) >= 11 is 0. The van der Waals surface area contributed by atoms with E-state index in [1.807, 2.05) is 19.1 Å². The van der Waals surface area contributed by atoms with E-state index in [2.05, 4.69) is 16.1 Å². The molecule has 2 aliphatic rings. The molecule has 2 aromatic rings. The molecular formula is C21H23F3N4O3. The van der Waals surface area contributed by atoms with E-state index in [1.54, 1.807) is 7.11 Å². The van der Waals surface area contributed by atoms with E-state index < -0.39 is 17.8 Å². The molecule has 0 fully saturated rings. The number of hydrogen-bond donors (Lipinski definition) is 2. The molecule has 0 aliphatic carbocycles. The molecule has 0 bridgehead atoms. The minimum absolute atomic E-state index is 0.0228. The second-order valence-corrected chi connectivity index (χ2v) is 6.90. The third-order valence-corrected chi connectivity index (χ3v) is 4.77. The fourth-order valence-corrected chi connectivity index (χ4v) is 3.27. The number of methoxy groups -OCH3 is 1. The lowest BCUT2D eigenvalue weighted by molar-refractivity contribution is -0.138. The summed E-state index contributed by atoms with van der Waals surface area (Å²) in [5.41, 5.74) is 12.3. The first kappa shape index (κ1) is 22.3. The number of hydrogen-bond acceptors (Lipinski definition) is 7. The van der Waals surface area contributed by atoms with Crippen LogP contribution in [0.4, 0.5) is 13.2 Å². The maximum atomic E-state index is 12.7. The zero-order valence-corrected chi connectivity index (χ0v) is 17.0. The maximum Gasteiger partial charge on any atom is 0.416 e. The van der Waals surface area contributed by atoms with E-state index in [4.69, 9.17) is 25.7 Å². The van der Waals surface area contributed by atoms with Crippen molar-refractivity contribution in [2.24, 2.45) is 21.5 Å². The van der Waals surface area contributed by atoms with Gasteiger partial charge in [-0.3, -0.25) is 0 Å². The second kappa shape index (κ2) is 9.15. The molecule has 4 N–H and O–H groups in total. The summed E-state index contributed by atoms with van der Waals surface area (Å²) in [5.74, 6) is 0.884. The summed E-state index contributed by atoms with van der Waals surface area (Å²) in [7, 11) is 1.66. The minimum Gasteiger partial charge on any atom is -0.496 e. The highest BCUT2D eigenvalue weighted by molar-refractivity contribution is 5.73. The highest BCUT2D eigenvalue weighted by Crippen LogP contribution is 2.36. The Morgan fingerprint density at radius 1 is 0.968 bits per heavy atom. The monoisotopic (exact) mass is 436 g/mol. The van der Waals surface area contributed by atoms with Gasteiger partial charge in [0.1, 0.15) is 31.0 Å². The first-order valence-electron chi connectivity index (χ1n) is 9.42. The van der Waals surface area contributed by atoms with Crippen molar-refractivity contribution in [1.82, 2.24) is 0 Å². The van der Waals surface area contributed by atoms with Crippen molar-refractivity contribution in [2.75, 3.05) is 20.3 Å². The predicted molar refractivity (Wildman–Crippen MR) is 110 cm³/mol. The Labute approximate surface area is 177 Å². The van der Waals surface area contributed by atoms with Crippen molar-refractivity contribution in [3.05, 3.63) is 64.7 Å². The number of rotatable bonds is 3. The molecule has 2 aromatic carbocycles. The van der Waals surface area contributed by atoms with Crippen LogP contribution in [0.5, 0.6) is 5.75 Å². The average molecular weight is 436 g/mol. The molecule has 0 saturated carbocycles. The van der Waals surface area contributed by atoms with Gasteiger partial charge in [0.05, 0.1) is 12.7 Å². The molecule has 0 saturated heterocycles. The molecule has 0 aromatic heterocycles. The Morgan fingerprint density at radius 3 is 2.10 bits per heavy atom. The van der Waals surface area contributed by atoms with Crippen LogP contribution in [0.15, 0.2) is 52.4 Å². The Morgan fingerprint density at radius 2 is 1.58 bits per heavy atom. The van der Waals surface area contributed by atoms with Crippen LogP contribution in [-0.2, 0) is 15.7 Å². The molecule has 0 spiro atoms. The van der Waals surface area contributed by atoms with Crippen LogP contribution in [0, 0.1) is 6.92 Å². The number of alkyl halides is 3. The summed E-state index contributed by atoms with van der Waals surface area (Å²) in [4.78, 5) is 7.99. The third kappa shape index (κ3) is 5.39. The van der Waals surface area contributed by atoms with Gasteiger partial charge in [-0.05, 0) is 35.7 Å². The standard InChI is InChI=1S/C11H14N2O2.C10H9F3N2O/c1-7-5-8(3-4-10(7)14-2)9-6-15-11(12)13-9;11-10(12,13)7-4-2-1-3-6(7)8-5-16-9(14)15-8/h3-5,9H,6H2,1-2H3,(H2,12,13);1-4,8H,5H2,(H2,14,15)/t9-;8-/m11/s1. The first-order valence-corrected chi connectivity index (χ1v) is 9.42. The van der Waals surface area contributed by atoms with Crippen molar-refractivity contribution < 1.29 is 27.4 Å². The summed E-state index contributed by atoms with van der Waals surface area (Å²) < 4.78 is 53.2. The highest BCUT2D eigenvalue weighted by atomic mass is 19.4. The largest absolute Gasteiger partial charge is 0.496 e. The van der Waals surface area contributed by atoms with Crippen molar-refractivity contribution >= 4 is 12.0 Å². The van der Waals surface area contributed by atoms with Gasteiger partial charge >= 0.3 is 6.18 Å². The zero-order chi connectivity index (χ0) is 22.6. The molecule has 4 rings (SSSR count). The van der Waals surface area contributed by atoms with E-state index in [0.717, 1.165) is 22.9 Å². The lowest BCUT2D eigenvalue weighted by atomic mass is 10.0. The summed E-state index contributed by atoms with van der Waals surface area (Å²) in [5, 5.41) is 0. The lowest BCUT2D eigenvalue weighted by Gasteiger charge is -2.14. The van der Waals surface area contributed by atoms with Gasteiger partial charge in [0.15, 0.2) is 0 Å². The fraction of sp³-hybridized carbons (Fsp3) is 0.333. The van der Waals surface area contributed by atoms with Crippen molar-refractivity contribution in [3.63, 3.8) is 0 Å². The molecule has 2 heterocycles. The molecule has 2 aliphatic heterocycles. The molecule has 0 unspecified atom stereocenters. The third-order valence-electron chi connectivity index (χ3n) is 4.77. The predicted octanol–water partition coefficient (Wildman–Crippen LogP) is 3.48. The van der Waals surface area contributed by atoms with Crippen molar-refractivity contribution in [1.29, 1.82) is 0 Å². The molecule has 2 atom stereocenters. The number of halogens is 3. The summed E-state index contributed by atoms with van der Waals surface area (Å²) in [6.45, 7) is 2.59. The van der Waals surface area contributed by atoms with Gasteiger partial charge < -0.3 is 25.7 Å². The van der Waals surface area contributed by atoms with E-state index >= 15 is 0 Å². The SMILES string of the molecule is COc1ccc([C@H]2COC(N)=N2)cc1C.NC1=N[C@@H](c2ccccc2C(F)(F)F)CO1. The number of nitrogens with two attached hydrogens (primary N) is 2. The quantitative estimate of drug-likeness (QED) is 0.767. The van der Waals surface area contributed by atoms with Crippen molar-refractivity contribution in [2.45, 2.75) is 25.2 Å².